The van der Waals surface area contributed by atoms with Crippen LogP contribution in [-0.4, -0.2) is 86.5 Å². The molecule has 0 aliphatic rings. The number of ketones is 1. The third-order valence-electron chi connectivity index (χ3n) is 7.53. The van der Waals surface area contributed by atoms with E-state index in [-0.39, 0.29) is 49.8 Å². The van der Waals surface area contributed by atoms with Crippen LogP contribution in [0.5, 0.6) is 0 Å². The molecular weight excluding hydrogens is 568 g/mol. The van der Waals surface area contributed by atoms with Crippen LogP contribution in [0.1, 0.15) is 53.4 Å². The van der Waals surface area contributed by atoms with E-state index in [4.69, 9.17) is 14.9 Å². The quantitative estimate of drug-likeness (QED) is 0.0988. The van der Waals surface area contributed by atoms with Crippen molar-refractivity contribution in [2.45, 2.75) is 58.4 Å². The van der Waals surface area contributed by atoms with Crippen LogP contribution in [0.15, 0.2) is 60.7 Å². The number of benzene rings is 2. The van der Waals surface area contributed by atoms with Gasteiger partial charge in [0.05, 0.1) is 26.2 Å². The summed E-state index contributed by atoms with van der Waals surface area (Å²) in [4.78, 5) is 50.0. The summed E-state index contributed by atoms with van der Waals surface area (Å²) in [6, 6.07) is 20.3. The van der Waals surface area contributed by atoms with Crippen molar-refractivity contribution >= 4 is 42.3 Å². The van der Waals surface area contributed by atoms with Gasteiger partial charge in [0.15, 0.2) is 5.41 Å². The van der Waals surface area contributed by atoms with Gasteiger partial charge in [0.25, 0.3) is 8.32 Å². The first kappa shape index (κ1) is 35.8. The number of aliphatic hydroxyl groups excluding tert-OH is 2. The normalized spacial score (nSPS) is 12.0. The molecule has 2 rings (SSSR count). The molecule has 0 spiro atoms. The molecule has 0 saturated heterocycles. The minimum absolute atomic E-state index is 0.0130. The van der Waals surface area contributed by atoms with E-state index in [0.29, 0.717) is 13.0 Å². The van der Waals surface area contributed by atoms with Crippen molar-refractivity contribution in [2.24, 2.45) is 11.1 Å². The zero-order chi connectivity index (χ0) is 32.1. The summed E-state index contributed by atoms with van der Waals surface area (Å²) < 4.78 is 12.1. The Hall–Kier alpha value is -3.38. The van der Waals surface area contributed by atoms with Gasteiger partial charge in [0.2, 0.25) is 11.8 Å². The van der Waals surface area contributed by atoms with Crippen LogP contribution in [-0.2, 0) is 28.3 Å². The third-order valence-corrected chi connectivity index (χ3v) is 12.6. The van der Waals surface area contributed by atoms with Crippen molar-refractivity contribution in [3.8, 4) is 0 Å². The van der Waals surface area contributed by atoms with E-state index >= 15 is 0 Å². The molecule has 43 heavy (non-hydrogen) atoms. The molecule has 0 radical (unpaired) electrons. The van der Waals surface area contributed by atoms with Crippen LogP contribution in [0.3, 0.4) is 0 Å². The first-order valence-corrected chi connectivity index (χ1v) is 16.5. The largest absolute Gasteiger partial charge is 0.466 e. The number of hydrogen-bond acceptors (Lipinski definition) is 8. The summed E-state index contributed by atoms with van der Waals surface area (Å²) in [7, 11) is -2.82. The van der Waals surface area contributed by atoms with Crippen LogP contribution in [0, 0.1) is 5.41 Å². The molecular formula is C32H46N2O8Si. The topological polar surface area (TPSA) is 156 Å². The van der Waals surface area contributed by atoms with Gasteiger partial charge in [-0.15, -0.1) is 0 Å². The molecule has 0 fully saturated rings. The highest BCUT2D eigenvalue weighted by atomic mass is 28.4. The van der Waals surface area contributed by atoms with E-state index in [1.807, 2.05) is 36.4 Å². The number of ether oxygens (including phenoxy) is 1. The lowest BCUT2D eigenvalue weighted by molar-refractivity contribution is -0.155. The van der Waals surface area contributed by atoms with Gasteiger partial charge in [-0.2, -0.15) is 0 Å². The molecule has 10 nitrogen and oxygen atoms in total. The smallest absolute Gasteiger partial charge is 0.306 e. The fourth-order valence-electron chi connectivity index (χ4n) is 5.10. The van der Waals surface area contributed by atoms with Crippen molar-refractivity contribution in [1.82, 2.24) is 4.90 Å². The van der Waals surface area contributed by atoms with Crippen molar-refractivity contribution in [3.05, 3.63) is 60.7 Å². The van der Waals surface area contributed by atoms with Crippen molar-refractivity contribution in [3.63, 3.8) is 0 Å². The van der Waals surface area contributed by atoms with Gasteiger partial charge < -0.3 is 34.8 Å². The zero-order valence-electron chi connectivity index (χ0n) is 25.7. The number of primary amides is 1. The fourth-order valence-corrected chi connectivity index (χ4v) is 9.70. The molecule has 0 saturated carbocycles. The zero-order valence-corrected chi connectivity index (χ0v) is 26.7. The van der Waals surface area contributed by atoms with Crippen LogP contribution in [0.4, 0.5) is 0 Å². The lowest BCUT2D eigenvalue weighted by atomic mass is 9.87. The SMILES string of the molecule is CC(=O)CCC(=O)OCCCN(CCCO[Si](c1ccccc1)(c1ccccc1)C(C)(C)C)C(=O)C(CO)(CO)C(N)=O. The lowest BCUT2D eigenvalue weighted by Crippen LogP contribution is -2.66. The molecule has 0 aromatic heterocycles. The number of nitrogens with two attached hydrogens (primary N) is 1. The Labute approximate surface area is 255 Å². The predicted octanol–water partition coefficient (Wildman–Crippen LogP) is 1.54. The molecule has 0 heterocycles. The highest BCUT2D eigenvalue weighted by Crippen LogP contribution is 2.36. The Morgan fingerprint density at radius 1 is 0.814 bits per heavy atom. The summed E-state index contributed by atoms with van der Waals surface area (Å²) in [5.41, 5.74) is 3.27. The van der Waals surface area contributed by atoms with E-state index < -0.39 is 44.7 Å². The van der Waals surface area contributed by atoms with E-state index in [0.717, 1.165) is 10.4 Å². The van der Waals surface area contributed by atoms with Gasteiger partial charge in [-0.05, 0) is 35.2 Å². The maximum Gasteiger partial charge on any atom is 0.306 e. The minimum Gasteiger partial charge on any atom is -0.466 e. The molecule has 0 aliphatic heterocycles. The maximum absolute atomic E-state index is 13.5. The number of hydrogen-bond donors (Lipinski definition) is 3. The number of Topliss-reactive ketones (excluding diaryl/α,β-unsaturated/α-hetero) is 1. The predicted molar refractivity (Wildman–Crippen MR) is 166 cm³/mol. The average Bonchev–Trinajstić information content (AvgIpc) is 2.98. The molecule has 2 amide bonds. The Bertz CT molecular complexity index is 1160. The van der Waals surface area contributed by atoms with Gasteiger partial charge in [-0.3, -0.25) is 14.4 Å². The minimum atomic E-state index is -2.82. The molecule has 0 bridgehead atoms. The van der Waals surface area contributed by atoms with E-state index in [1.165, 1.54) is 11.8 Å². The standard InChI is InChI=1S/C32H46N2O8Si/c1-25(37)17-18-28(38)41-21-11-19-34(30(40)32(23-35,24-36)29(33)39)20-12-22-42-43(31(2,3)4,26-13-7-5-8-14-26)27-15-9-6-10-16-27/h5-10,13-16,35-36H,11-12,17-24H2,1-4H3,(H2,33,39). The number of amides is 2. The maximum atomic E-state index is 13.5. The number of carbonyl (C=O) groups is 4. The summed E-state index contributed by atoms with van der Waals surface area (Å²) in [5.74, 6) is -2.58. The van der Waals surface area contributed by atoms with Gasteiger partial charge in [0, 0.05) is 26.1 Å². The second-order valence-corrected chi connectivity index (χ2v) is 16.0. The van der Waals surface area contributed by atoms with E-state index in [9.17, 15) is 29.4 Å². The molecule has 0 aliphatic carbocycles. The van der Waals surface area contributed by atoms with Crippen molar-refractivity contribution in [2.75, 3.05) is 39.5 Å². The molecule has 236 valence electrons. The summed E-state index contributed by atoms with van der Waals surface area (Å²) in [5, 5.41) is 21.8. The van der Waals surface area contributed by atoms with Gasteiger partial charge in [0.1, 0.15) is 5.78 Å². The first-order chi connectivity index (χ1) is 20.4. The van der Waals surface area contributed by atoms with Crippen LogP contribution < -0.4 is 16.1 Å². The number of esters is 1. The lowest BCUT2D eigenvalue weighted by Gasteiger charge is -2.43. The monoisotopic (exact) mass is 614 g/mol. The number of nitrogens with zero attached hydrogens (tertiary/aromatic N) is 1. The Morgan fingerprint density at radius 2 is 1.30 bits per heavy atom. The van der Waals surface area contributed by atoms with Gasteiger partial charge >= 0.3 is 5.97 Å². The fraction of sp³-hybridized carbons (Fsp3) is 0.500. The number of aliphatic hydroxyl groups is 2. The van der Waals surface area contributed by atoms with Crippen LogP contribution >= 0.6 is 0 Å². The average molecular weight is 615 g/mol. The molecule has 11 heteroatoms. The van der Waals surface area contributed by atoms with Crippen LogP contribution in [0.2, 0.25) is 5.04 Å². The molecule has 0 unspecified atom stereocenters. The van der Waals surface area contributed by atoms with Crippen molar-refractivity contribution < 1.29 is 38.6 Å². The molecule has 2 aromatic carbocycles. The molecule has 0 atom stereocenters. The summed E-state index contributed by atoms with van der Waals surface area (Å²) >= 11 is 0. The van der Waals surface area contributed by atoms with E-state index in [2.05, 4.69) is 45.0 Å². The summed E-state index contributed by atoms with van der Waals surface area (Å²) in [6.07, 6.45) is 0.680. The second-order valence-electron chi connectivity index (χ2n) is 11.7. The van der Waals surface area contributed by atoms with Crippen molar-refractivity contribution in [1.29, 1.82) is 0 Å². The summed E-state index contributed by atoms with van der Waals surface area (Å²) in [6.45, 7) is 6.47. The third kappa shape index (κ3) is 9.06. The molecule has 2 aromatic rings. The Morgan fingerprint density at radius 3 is 1.72 bits per heavy atom. The number of carbonyl (C=O) groups excluding carboxylic acids is 4. The Kier molecular flexibility index (Phi) is 13.7. The second kappa shape index (κ2) is 16.5. The van der Waals surface area contributed by atoms with E-state index in [1.54, 1.807) is 0 Å². The van der Waals surface area contributed by atoms with Gasteiger partial charge in [-0.25, -0.2) is 0 Å². The first-order valence-electron chi connectivity index (χ1n) is 14.6. The van der Waals surface area contributed by atoms with Crippen LogP contribution in [0.25, 0.3) is 0 Å². The van der Waals surface area contributed by atoms with Gasteiger partial charge in [-0.1, -0.05) is 81.4 Å². The highest BCUT2D eigenvalue weighted by molar-refractivity contribution is 6.99. The number of rotatable bonds is 18. The molecule has 4 N–H and O–H groups in total. The Balaban J connectivity index is 2.24. The highest BCUT2D eigenvalue weighted by Gasteiger charge is 2.50.